The number of ether oxygens (including phenoxy) is 1. The molecule has 2 saturated heterocycles. The zero-order valence-corrected chi connectivity index (χ0v) is 12.7. The first-order chi connectivity index (χ1) is 9.66. The van der Waals surface area contributed by atoms with Crippen LogP contribution in [0.25, 0.3) is 0 Å². The highest BCUT2D eigenvalue weighted by Gasteiger charge is 2.37. The number of carbonyl (C=O) groups is 1. The SMILES string of the molecule is O=C(c1ccc(Br)c(F)c1)N1CCC[C@@H]1[C@H]1CCCO1. The summed E-state index contributed by atoms with van der Waals surface area (Å²) in [5, 5.41) is 0. The summed E-state index contributed by atoms with van der Waals surface area (Å²) in [7, 11) is 0. The van der Waals surface area contributed by atoms with E-state index in [2.05, 4.69) is 15.9 Å². The van der Waals surface area contributed by atoms with Crippen molar-refractivity contribution in [2.75, 3.05) is 13.2 Å². The van der Waals surface area contributed by atoms with Crippen LogP contribution in [0.1, 0.15) is 36.0 Å². The molecule has 0 aromatic heterocycles. The Balaban J connectivity index is 1.79. The smallest absolute Gasteiger partial charge is 0.254 e. The van der Waals surface area contributed by atoms with E-state index in [4.69, 9.17) is 4.74 Å². The lowest BCUT2D eigenvalue weighted by molar-refractivity contribution is 0.0340. The van der Waals surface area contributed by atoms with Gasteiger partial charge in [0.25, 0.3) is 5.91 Å². The predicted octanol–water partition coefficient (Wildman–Crippen LogP) is 3.37. The van der Waals surface area contributed by atoms with Crippen molar-refractivity contribution in [3.63, 3.8) is 0 Å². The maximum absolute atomic E-state index is 13.6. The minimum atomic E-state index is -0.399. The fraction of sp³-hybridized carbons (Fsp3) is 0.533. The molecule has 5 heteroatoms. The molecule has 3 nitrogen and oxygen atoms in total. The van der Waals surface area contributed by atoms with E-state index in [-0.39, 0.29) is 18.1 Å². The third kappa shape index (κ3) is 2.61. The maximum atomic E-state index is 13.6. The van der Waals surface area contributed by atoms with Crippen molar-refractivity contribution < 1.29 is 13.9 Å². The normalized spacial score (nSPS) is 26.2. The Morgan fingerprint density at radius 3 is 2.90 bits per heavy atom. The number of benzene rings is 1. The van der Waals surface area contributed by atoms with Gasteiger partial charge in [0, 0.05) is 18.7 Å². The molecule has 2 atom stereocenters. The molecule has 0 unspecified atom stereocenters. The second-order valence-electron chi connectivity index (χ2n) is 5.39. The second kappa shape index (κ2) is 5.82. The lowest BCUT2D eigenvalue weighted by Crippen LogP contribution is -2.42. The van der Waals surface area contributed by atoms with Crippen LogP contribution in [0.3, 0.4) is 0 Å². The number of carbonyl (C=O) groups excluding carboxylic acids is 1. The average molecular weight is 342 g/mol. The molecular formula is C15H17BrFNO2. The first-order valence-electron chi connectivity index (χ1n) is 7.04. The van der Waals surface area contributed by atoms with Gasteiger partial charge >= 0.3 is 0 Å². The molecule has 0 radical (unpaired) electrons. The Morgan fingerprint density at radius 1 is 1.35 bits per heavy atom. The van der Waals surface area contributed by atoms with Gasteiger partial charge in [-0.15, -0.1) is 0 Å². The number of amides is 1. The molecule has 0 aliphatic carbocycles. The maximum Gasteiger partial charge on any atom is 0.254 e. The van der Waals surface area contributed by atoms with Crippen molar-refractivity contribution in [3.8, 4) is 0 Å². The van der Waals surface area contributed by atoms with Crippen LogP contribution >= 0.6 is 15.9 Å². The van der Waals surface area contributed by atoms with Gasteiger partial charge in [0.15, 0.2) is 0 Å². The monoisotopic (exact) mass is 341 g/mol. The van der Waals surface area contributed by atoms with Crippen LogP contribution in [-0.4, -0.2) is 36.1 Å². The number of halogens is 2. The predicted molar refractivity (Wildman–Crippen MR) is 77.1 cm³/mol. The Hall–Kier alpha value is -0.940. The van der Waals surface area contributed by atoms with Crippen molar-refractivity contribution in [3.05, 3.63) is 34.1 Å². The Bertz CT molecular complexity index is 517. The molecule has 2 aliphatic rings. The molecule has 1 amide bonds. The molecule has 0 spiro atoms. The summed E-state index contributed by atoms with van der Waals surface area (Å²) >= 11 is 3.11. The first-order valence-corrected chi connectivity index (χ1v) is 7.84. The van der Waals surface area contributed by atoms with Crippen molar-refractivity contribution in [1.82, 2.24) is 4.90 Å². The molecule has 1 aromatic carbocycles. The van der Waals surface area contributed by atoms with Crippen molar-refractivity contribution in [1.29, 1.82) is 0 Å². The lowest BCUT2D eigenvalue weighted by Gasteiger charge is -2.29. The van der Waals surface area contributed by atoms with Crippen LogP contribution in [0.2, 0.25) is 0 Å². The van der Waals surface area contributed by atoms with Gasteiger partial charge in [0.2, 0.25) is 0 Å². The summed E-state index contributed by atoms with van der Waals surface area (Å²) in [5.74, 6) is -0.488. The summed E-state index contributed by atoms with van der Waals surface area (Å²) in [6.45, 7) is 1.52. The van der Waals surface area contributed by atoms with E-state index < -0.39 is 5.82 Å². The molecule has 2 heterocycles. The highest BCUT2D eigenvalue weighted by atomic mass is 79.9. The van der Waals surface area contributed by atoms with Crippen molar-refractivity contribution in [2.24, 2.45) is 0 Å². The van der Waals surface area contributed by atoms with Crippen LogP contribution in [0.5, 0.6) is 0 Å². The van der Waals surface area contributed by atoms with Crippen molar-refractivity contribution >= 4 is 21.8 Å². The minimum Gasteiger partial charge on any atom is -0.376 e. The largest absolute Gasteiger partial charge is 0.376 e. The molecule has 20 heavy (non-hydrogen) atoms. The van der Waals surface area contributed by atoms with E-state index in [0.717, 1.165) is 38.8 Å². The van der Waals surface area contributed by atoms with E-state index in [1.165, 1.54) is 6.07 Å². The number of hydrogen-bond acceptors (Lipinski definition) is 2. The summed E-state index contributed by atoms with van der Waals surface area (Å²) < 4.78 is 19.7. The molecule has 1 aromatic rings. The van der Waals surface area contributed by atoms with Gasteiger partial charge in [-0.3, -0.25) is 4.79 Å². The summed E-state index contributed by atoms with van der Waals surface area (Å²) in [6.07, 6.45) is 4.21. The number of hydrogen-bond donors (Lipinski definition) is 0. The van der Waals surface area contributed by atoms with Crippen LogP contribution in [-0.2, 0) is 4.74 Å². The highest BCUT2D eigenvalue weighted by molar-refractivity contribution is 9.10. The van der Waals surface area contributed by atoms with Crippen LogP contribution < -0.4 is 0 Å². The van der Waals surface area contributed by atoms with E-state index in [1.807, 2.05) is 4.90 Å². The third-order valence-electron chi connectivity index (χ3n) is 4.12. The molecular weight excluding hydrogens is 325 g/mol. The molecule has 2 fully saturated rings. The van der Waals surface area contributed by atoms with Crippen LogP contribution in [0, 0.1) is 5.82 Å². The van der Waals surface area contributed by atoms with Gasteiger partial charge in [0.05, 0.1) is 16.6 Å². The fourth-order valence-electron chi connectivity index (χ4n) is 3.13. The molecule has 108 valence electrons. The van der Waals surface area contributed by atoms with Crippen LogP contribution in [0.15, 0.2) is 22.7 Å². The molecule has 3 rings (SSSR count). The Labute approximate surface area is 126 Å². The zero-order valence-electron chi connectivity index (χ0n) is 11.1. The van der Waals surface area contributed by atoms with Gasteiger partial charge in [-0.05, 0) is 59.8 Å². The summed E-state index contributed by atoms with van der Waals surface area (Å²) in [4.78, 5) is 14.4. The number of rotatable bonds is 2. The van der Waals surface area contributed by atoms with E-state index in [1.54, 1.807) is 12.1 Å². The van der Waals surface area contributed by atoms with Gasteiger partial charge < -0.3 is 9.64 Å². The summed E-state index contributed by atoms with van der Waals surface area (Å²) in [6, 6.07) is 4.70. The standard InChI is InChI=1S/C15H17BrFNO2/c16-11-6-5-10(9-12(11)17)15(19)18-7-1-3-13(18)14-4-2-8-20-14/h5-6,9,13-14H,1-4,7-8H2/t13-,14-/m1/s1. The number of likely N-dealkylation sites (tertiary alicyclic amines) is 1. The Morgan fingerprint density at radius 2 is 2.20 bits per heavy atom. The lowest BCUT2D eigenvalue weighted by atomic mass is 10.0. The van der Waals surface area contributed by atoms with Gasteiger partial charge in [-0.25, -0.2) is 4.39 Å². The van der Waals surface area contributed by atoms with Crippen molar-refractivity contribution in [2.45, 2.75) is 37.8 Å². The fourth-order valence-corrected chi connectivity index (χ4v) is 3.38. The first kappa shape index (κ1) is 14.0. The summed E-state index contributed by atoms with van der Waals surface area (Å²) in [5.41, 5.74) is 0.413. The molecule has 0 bridgehead atoms. The Kier molecular flexibility index (Phi) is 4.08. The minimum absolute atomic E-state index is 0.0885. The van der Waals surface area contributed by atoms with E-state index in [9.17, 15) is 9.18 Å². The van der Waals surface area contributed by atoms with Gasteiger partial charge in [0.1, 0.15) is 5.82 Å². The van der Waals surface area contributed by atoms with Gasteiger partial charge in [-0.1, -0.05) is 0 Å². The van der Waals surface area contributed by atoms with E-state index >= 15 is 0 Å². The third-order valence-corrected chi connectivity index (χ3v) is 4.76. The quantitative estimate of drug-likeness (QED) is 0.825. The zero-order chi connectivity index (χ0) is 14.1. The number of nitrogens with zero attached hydrogens (tertiary/aromatic N) is 1. The van der Waals surface area contributed by atoms with Crippen LogP contribution in [0.4, 0.5) is 4.39 Å². The topological polar surface area (TPSA) is 29.5 Å². The van der Waals surface area contributed by atoms with Gasteiger partial charge in [-0.2, -0.15) is 0 Å². The second-order valence-corrected chi connectivity index (χ2v) is 6.24. The molecule has 0 saturated carbocycles. The molecule has 2 aliphatic heterocycles. The average Bonchev–Trinajstić information content (AvgIpc) is 3.10. The van der Waals surface area contributed by atoms with E-state index in [0.29, 0.717) is 10.0 Å². The highest BCUT2D eigenvalue weighted by Crippen LogP contribution is 2.29. The molecule has 0 N–H and O–H groups in total.